The van der Waals surface area contributed by atoms with Gasteiger partial charge in [0, 0.05) is 12.0 Å². The molecule has 1 aliphatic carbocycles. The van der Waals surface area contributed by atoms with Gasteiger partial charge < -0.3 is 19.7 Å². The average molecular weight is 294 g/mol. The normalized spacial score (nSPS) is 24.8. The maximum atomic E-state index is 10.7. The molecule has 1 aliphatic rings. The Kier molecular flexibility index (Phi) is 4.79. The lowest BCUT2D eigenvalue weighted by atomic mass is 9.60. The van der Waals surface area contributed by atoms with Crippen molar-refractivity contribution in [3.8, 4) is 11.5 Å². The molecule has 0 saturated carbocycles. The fourth-order valence-electron chi connectivity index (χ4n) is 3.76. The zero-order valence-corrected chi connectivity index (χ0v) is 13.3. The Morgan fingerprint density at radius 3 is 2.38 bits per heavy atom. The highest BCUT2D eigenvalue weighted by atomic mass is 16.5. The largest absolute Gasteiger partial charge is 0.493 e. The molecule has 21 heavy (non-hydrogen) atoms. The molecule has 2 atom stereocenters. The summed E-state index contributed by atoms with van der Waals surface area (Å²) in [5.41, 5.74) is 1.84. The topological polar surface area (TPSA) is 58.9 Å². The Hall–Kier alpha value is -1.26. The van der Waals surface area contributed by atoms with Crippen LogP contribution in [0.5, 0.6) is 11.5 Å². The first-order valence-electron chi connectivity index (χ1n) is 7.55. The Morgan fingerprint density at radius 1 is 1.24 bits per heavy atom. The minimum Gasteiger partial charge on any atom is -0.493 e. The third-order valence-electron chi connectivity index (χ3n) is 4.95. The molecule has 2 rings (SSSR count). The number of methoxy groups -OCH3 is 2. The number of hydrogen-bond donors (Lipinski definition) is 2. The van der Waals surface area contributed by atoms with Gasteiger partial charge in [-0.1, -0.05) is 13.8 Å². The van der Waals surface area contributed by atoms with E-state index in [-0.39, 0.29) is 12.5 Å². The summed E-state index contributed by atoms with van der Waals surface area (Å²) in [6.07, 6.45) is 1.63. The van der Waals surface area contributed by atoms with Gasteiger partial charge in [-0.2, -0.15) is 0 Å². The summed E-state index contributed by atoms with van der Waals surface area (Å²) in [6, 6.07) is 3.99. The van der Waals surface area contributed by atoms with Crippen LogP contribution in [-0.2, 0) is 11.8 Å². The van der Waals surface area contributed by atoms with Crippen molar-refractivity contribution in [1.29, 1.82) is 0 Å². The summed E-state index contributed by atoms with van der Waals surface area (Å²) < 4.78 is 10.8. The average Bonchev–Trinajstić information content (AvgIpc) is 2.48. The van der Waals surface area contributed by atoms with Gasteiger partial charge in [-0.3, -0.25) is 0 Å². The predicted octanol–water partition coefficient (Wildman–Crippen LogP) is 2.29. The molecule has 0 spiro atoms. The standard InChI is InChI=1S/C17H26O4/c1-11(2)17(7-8-18)13-10-15(21-4)14(20-3)9-12(13)5-6-16(17)19/h9-11,16,18-19H,5-8H2,1-4H3/t16-,17+/m0/s1. The first-order valence-corrected chi connectivity index (χ1v) is 7.55. The molecule has 1 aromatic rings. The van der Waals surface area contributed by atoms with Crippen molar-refractivity contribution in [2.75, 3.05) is 20.8 Å². The molecule has 2 N–H and O–H groups in total. The van der Waals surface area contributed by atoms with Crippen molar-refractivity contribution < 1.29 is 19.7 Å². The van der Waals surface area contributed by atoms with Crippen LogP contribution in [0.2, 0.25) is 0 Å². The second-order valence-electron chi connectivity index (χ2n) is 6.09. The third-order valence-corrected chi connectivity index (χ3v) is 4.95. The lowest BCUT2D eigenvalue weighted by Crippen LogP contribution is -2.48. The van der Waals surface area contributed by atoms with Crippen LogP contribution in [0.4, 0.5) is 0 Å². The van der Waals surface area contributed by atoms with Crippen molar-refractivity contribution in [2.45, 2.75) is 44.6 Å². The maximum absolute atomic E-state index is 10.7. The molecular formula is C17H26O4. The van der Waals surface area contributed by atoms with E-state index in [1.165, 1.54) is 5.56 Å². The number of benzene rings is 1. The molecule has 0 fully saturated rings. The van der Waals surface area contributed by atoms with E-state index in [0.717, 1.165) is 12.0 Å². The van der Waals surface area contributed by atoms with Crippen LogP contribution in [0, 0.1) is 5.92 Å². The third kappa shape index (κ3) is 2.51. The summed E-state index contributed by atoms with van der Waals surface area (Å²) in [6.45, 7) is 4.26. The fraction of sp³-hybridized carbons (Fsp3) is 0.647. The lowest BCUT2D eigenvalue weighted by molar-refractivity contribution is 0.0178. The predicted molar refractivity (Wildman–Crippen MR) is 82.1 cm³/mol. The molecule has 0 heterocycles. The van der Waals surface area contributed by atoms with Crippen molar-refractivity contribution >= 4 is 0 Å². The smallest absolute Gasteiger partial charge is 0.161 e. The van der Waals surface area contributed by atoms with E-state index in [9.17, 15) is 10.2 Å². The molecule has 4 heteroatoms. The first kappa shape index (κ1) is 16.1. The van der Waals surface area contributed by atoms with Gasteiger partial charge in [0.2, 0.25) is 0 Å². The number of rotatable bonds is 5. The second kappa shape index (κ2) is 6.24. The van der Waals surface area contributed by atoms with Crippen molar-refractivity contribution in [3.05, 3.63) is 23.3 Å². The molecule has 4 nitrogen and oxygen atoms in total. The maximum Gasteiger partial charge on any atom is 0.161 e. The number of aliphatic hydroxyl groups excluding tert-OH is 2. The number of aryl methyl sites for hydroxylation is 1. The minimum absolute atomic E-state index is 0.0586. The minimum atomic E-state index is -0.449. The van der Waals surface area contributed by atoms with E-state index >= 15 is 0 Å². The highest BCUT2D eigenvalue weighted by molar-refractivity contribution is 5.52. The SMILES string of the molecule is COc1cc2c(cc1OC)[C@@](CCO)(C(C)C)[C@@H](O)CC2. The Morgan fingerprint density at radius 2 is 1.86 bits per heavy atom. The zero-order chi connectivity index (χ0) is 15.6. The molecule has 0 unspecified atom stereocenters. The van der Waals surface area contributed by atoms with Crippen molar-refractivity contribution in [2.24, 2.45) is 5.92 Å². The summed E-state index contributed by atoms with van der Waals surface area (Å²) in [7, 11) is 3.25. The molecular weight excluding hydrogens is 268 g/mol. The summed E-state index contributed by atoms with van der Waals surface area (Å²) in [5, 5.41) is 20.2. The summed E-state index contributed by atoms with van der Waals surface area (Å²) >= 11 is 0. The summed E-state index contributed by atoms with van der Waals surface area (Å²) in [4.78, 5) is 0. The fourth-order valence-corrected chi connectivity index (χ4v) is 3.76. The van der Waals surface area contributed by atoms with Gasteiger partial charge in [0.05, 0.1) is 20.3 Å². The quantitative estimate of drug-likeness (QED) is 0.875. The van der Waals surface area contributed by atoms with E-state index in [0.29, 0.717) is 24.3 Å². The van der Waals surface area contributed by atoms with Crippen molar-refractivity contribution in [1.82, 2.24) is 0 Å². The molecule has 1 aromatic carbocycles. The number of fused-ring (bicyclic) bond motifs is 1. The van der Waals surface area contributed by atoms with Crippen LogP contribution in [-0.4, -0.2) is 37.1 Å². The van der Waals surface area contributed by atoms with Gasteiger partial charge >= 0.3 is 0 Å². The van der Waals surface area contributed by atoms with E-state index < -0.39 is 11.5 Å². The van der Waals surface area contributed by atoms with Crippen LogP contribution in [0.15, 0.2) is 12.1 Å². The molecule has 0 bridgehead atoms. The lowest BCUT2D eigenvalue weighted by Gasteiger charge is -2.46. The highest BCUT2D eigenvalue weighted by Crippen LogP contribution is 2.48. The van der Waals surface area contributed by atoms with Gasteiger partial charge in [0.15, 0.2) is 11.5 Å². The Balaban J connectivity index is 2.65. The van der Waals surface area contributed by atoms with Crippen LogP contribution in [0.3, 0.4) is 0 Å². The number of ether oxygens (including phenoxy) is 2. The Bertz CT molecular complexity index is 498. The van der Waals surface area contributed by atoms with E-state index in [1.54, 1.807) is 14.2 Å². The molecule has 0 amide bonds. The molecule has 118 valence electrons. The Labute approximate surface area is 126 Å². The van der Waals surface area contributed by atoms with Crippen LogP contribution in [0.1, 0.15) is 37.8 Å². The molecule has 0 radical (unpaired) electrons. The molecule has 0 saturated heterocycles. The first-order chi connectivity index (χ1) is 10.0. The zero-order valence-electron chi connectivity index (χ0n) is 13.3. The van der Waals surface area contributed by atoms with Gasteiger partial charge in [0.1, 0.15) is 0 Å². The monoisotopic (exact) mass is 294 g/mol. The van der Waals surface area contributed by atoms with Gasteiger partial charge in [-0.25, -0.2) is 0 Å². The van der Waals surface area contributed by atoms with Gasteiger partial charge in [-0.05, 0) is 48.4 Å². The van der Waals surface area contributed by atoms with E-state index in [1.807, 2.05) is 12.1 Å². The molecule has 0 aromatic heterocycles. The van der Waals surface area contributed by atoms with Gasteiger partial charge in [-0.15, -0.1) is 0 Å². The number of hydrogen-bond acceptors (Lipinski definition) is 4. The van der Waals surface area contributed by atoms with Crippen LogP contribution in [0.25, 0.3) is 0 Å². The second-order valence-corrected chi connectivity index (χ2v) is 6.09. The van der Waals surface area contributed by atoms with Crippen LogP contribution < -0.4 is 9.47 Å². The van der Waals surface area contributed by atoms with Gasteiger partial charge in [0.25, 0.3) is 0 Å². The molecule has 0 aliphatic heterocycles. The van der Waals surface area contributed by atoms with E-state index in [2.05, 4.69) is 13.8 Å². The summed E-state index contributed by atoms with van der Waals surface area (Å²) in [5.74, 6) is 1.61. The van der Waals surface area contributed by atoms with E-state index in [4.69, 9.17) is 9.47 Å². The van der Waals surface area contributed by atoms with Crippen LogP contribution >= 0.6 is 0 Å². The van der Waals surface area contributed by atoms with Crippen molar-refractivity contribution in [3.63, 3.8) is 0 Å². The highest BCUT2D eigenvalue weighted by Gasteiger charge is 2.46. The number of aliphatic hydroxyl groups is 2.